The Morgan fingerprint density at radius 1 is 0.933 bits per heavy atom. The normalized spacial score (nSPS) is 24.4. The zero-order valence-electron chi connectivity index (χ0n) is 9.76. The smallest absolute Gasteiger partial charge is 0.0351 e. The van der Waals surface area contributed by atoms with Gasteiger partial charge in [-0.3, -0.25) is 4.90 Å². The Morgan fingerprint density at radius 2 is 1.67 bits per heavy atom. The van der Waals surface area contributed by atoms with Crippen LogP contribution in [-0.4, -0.2) is 29.9 Å². The number of hydrogen-bond acceptors (Lipinski definition) is 1. The molecule has 2 heteroatoms. The minimum absolute atomic E-state index is 0.809. The number of halogens is 1. The molecule has 0 amide bonds. The molecule has 2 aliphatic rings. The quantitative estimate of drug-likeness (QED) is 0.651. The molecule has 0 unspecified atom stereocenters. The van der Waals surface area contributed by atoms with Crippen LogP contribution in [0.1, 0.15) is 51.4 Å². The van der Waals surface area contributed by atoms with Crippen molar-refractivity contribution in [1.29, 1.82) is 0 Å². The number of hydrogen-bond donors (Lipinski definition) is 0. The summed E-state index contributed by atoms with van der Waals surface area (Å²) >= 11 is 5.90. The minimum Gasteiger partial charge on any atom is -0.299 e. The zero-order valence-corrected chi connectivity index (χ0v) is 10.5. The van der Waals surface area contributed by atoms with Gasteiger partial charge in [0.15, 0.2) is 0 Å². The average molecular weight is 230 g/mol. The van der Waals surface area contributed by atoms with Gasteiger partial charge in [0, 0.05) is 25.0 Å². The molecule has 0 radical (unpaired) electrons. The van der Waals surface area contributed by atoms with Gasteiger partial charge in [0.2, 0.25) is 0 Å². The van der Waals surface area contributed by atoms with E-state index in [4.69, 9.17) is 11.6 Å². The minimum atomic E-state index is 0.809. The molecule has 0 spiro atoms. The molecule has 0 saturated heterocycles. The highest BCUT2D eigenvalue weighted by Gasteiger charge is 2.26. The van der Waals surface area contributed by atoms with Crippen LogP contribution in [0.15, 0.2) is 0 Å². The highest BCUT2D eigenvalue weighted by molar-refractivity contribution is 6.18. The van der Waals surface area contributed by atoms with E-state index >= 15 is 0 Å². The van der Waals surface area contributed by atoms with E-state index in [0.29, 0.717) is 0 Å². The van der Waals surface area contributed by atoms with E-state index in [1.165, 1.54) is 57.9 Å². The van der Waals surface area contributed by atoms with E-state index in [9.17, 15) is 0 Å². The first-order valence-electron chi connectivity index (χ1n) is 6.70. The largest absolute Gasteiger partial charge is 0.299 e. The molecule has 2 aliphatic carbocycles. The molecule has 15 heavy (non-hydrogen) atoms. The van der Waals surface area contributed by atoms with Crippen molar-refractivity contribution in [1.82, 2.24) is 4.90 Å². The van der Waals surface area contributed by atoms with Gasteiger partial charge in [-0.2, -0.15) is 0 Å². The second-order valence-electron chi connectivity index (χ2n) is 5.27. The Labute approximate surface area is 99.2 Å². The molecule has 0 aliphatic heterocycles. The fourth-order valence-corrected chi connectivity index (χ4v) is 3.20. The SMILES string of the molecule is ClCCN(CC1CCCCC1)C1CCC1. The summed E-state index contributed by atoms with van der Waals surface area (Å²) < 4.78 is 0. The van der Waals surface area contributed by atoms with E-state index in [0.717, 1.165) is 24.4 Å². The molecule has 1 nitrogen and oxygen atoms in total. The first-order chi connectivity index (χ1) is 7.40. The standard InChI is InChI=1S/C13H24ClN/c14-9-10-15(13-7-4-8-13)11-12-5-2-1-3-6-12/h12-13H,1-11H2. The maximum atomic E-state index is 5.90. The third kappa shape index (κ3) is 3.35. The summed E-state index contributed by atoms with van der Waals surface area (Å²) in [6.45, 7) is 2.44. The van der Waals surface area contributed by atoms with Gasteiger partial charge in [-0.15, -0.1) is 11.6 Å². The van der Waals surface area contributed by atoms with E-state index in [1.807, 2.05) is 0 Å². The fraction of sp³-hybridized carbons (Fsp3) is 1.00. The van der Waals surface area contributed by atoms with Crippen molar-refractivity contribution in [3.8, 4) is 0 Å². The fourth-order valence-electron chi connectivity index (χ4n) is 2.98. The van der Waals surface area contributed by atoms with Crippen molar-refractivity contribution in [2.75, 3.05) is 19.0 Å². The Hall–Kier alpha value is 0.250. The lowest BCUT2D eigenvalue weighted by atomic mass is 9.86. The molecule has 2 fully saturated rings. The van der Waals surface area contributed by atoms with Crippen LogP contribution >= 0.6 is 11.6 Å². The Balaban J connectivity index is 1.76. The van der Waals surface area contributed by atoms with E-state index in [2.05, 4.69) is 4.90 Å². The molecule has 0 heterocycles. The topological polar surface area (TPSA) is 3.24 Å². The number of rotatable bonds is 5. The van der Waals surface area contributed by atoms with Gasteiger partial charge in [0.25, 0.3) is 0 Å². The van der Waals surface area contributed by atoms with Gasteiger partial charge >= 0.3 is 0 Å². The molecule has 2 saturated carbocycles. The predicted octanol–water partition coefficient (Wildman–Crippen LogP) is 3.66. The lowest BCUT2D eigenvalue weighted by Crippen LogP contribution is -2.44. The van der Waals surface area contributed by atoms with Crippen LogP contribution in [0.25, 0.3) is 0 Å². The molecule has 0 N–H and O–H groups in total. The summed E-state index contributed by atoms with van der Waals surface area (Å²) in [6, 6.07) is 0.880. The highest BCUT2D eigenvalue weighted by Crippen LogP contribution is 2.29. The van der Waals surface area contributed by atoms with E-state index < -0.39 is 0 Å². The van der Waals surface area contributed by atoms with Crippen LogP contribution in [0.5, 0.6) is 0 Å². The molecule has 0 bridgehead atoms. The van der Waals surface area contributed by atoms with Gasteiger partial charge in [0.1, 0.15) is 0 Å². The zero-order chi connectivity index (χ0) is 10.5. The van der Waals surface area contributed by atoms with Crippen molar-refractivity contribution in [3.63, 3.8) is 0 Å². The van der Waals surface area contributed by atoms with Crippen molar-refractivity contribution < 1.29 is 0 Å². The van der Waals surface area contributed by atoms with Crippen LogP contribution < -0.4 is 0 Å². The van der Waals surface area contributed by atoms with Crippen LogP contribution in [0.3, 0.4) is 0 Å². The molecular formula is C13H24ClN. The lowest BCUT2D eigenvalue weighted by Gasteiger charge is -2.40. The van der Waals surface area contributed by atoms with Gasteiger partial charge in [-0.25, -0.2) is 0 Å². The predicted molar refractivity (Wildman–Crippen MR) is 66.5 cm³/mol. The second kappa shape index (κ2) is 6.10. The lowest BCUT2D eigenvalue weighted by molar-refractivity contribution is 0.104. The van der Waals surface area contributed by atoms with Gasteiger partial charge in [-0.05, 0) is 31.6 Å². The second-order valence-corrected chi connectivity index (χ2v) is 5.65. The molecular weight excluding hydrogens is 206 g/mol. The number of nitrogens with zero attached hydrogens (tertiary/aromatic N) is 1. The van der Waals surface area contributed by atoms with Crippen LogP contribution in [0.4, 0.5) is 0 Å². The monoisotopic (exact) mass is 229 g/mol. The van der Waals surface area contributed by atoms with Crippen molar-refractivity contribution in [2.45, 2.75) is 57.4 Å². The van der Waals surface area contributed by atoms with Gasteiger partial charge in [-0.1, -0.05) is 25.7 Å². The van der Waals surface area contributed by atoms with E-state index in [1.54, 1.807) is 0 Å². The van der Waals surface area contributed by atoms with Crippen LogP contribution in [0, 0.1) is 5.92 Å². The van der Waals surface area contributed by atoms with Crippen molar-refractivity contribution >= 4 is 11.6 Å². The summed E-state index contributed by atoms with van der Waals surface area (Å²) in [5.41, 5.74) is 0. The number of alkyl halides is 1. The summed E-state index contributed by atoms with van der Waals surface area (Å²) in [6.07, 6.45) is 11.6. The molecule has 2 rings (SSSR count). The summed E-state index contributed by atoms with van der Waals surface area (Å²) in [5, 5.41) is 0. The average Bonchev–Trinajstić information content (AvgIpc) is 2.17. The molecule has 0 aromatic rings. The maximum absolute atomic E-state index is 5.90. The van der Waals surface area contributed by atoms with Crippen molar-refractivity contribution in [2.24, 2.45) is 5.92 Å². The first kappa shape index (κ1) is 11.7. The molecule has 0 atom stereocenters. The highest BCUT2D eigenvalue weighted by atomic mass is 35.5. The van der Waals surface area contributed by atoms with Crippen molar-refractivity contribution in [3.05, 3.63) is 0 Å². The van der Waals surface area contributed by atoms with Gasteiger partial charge in [0.05, 0.1) is 0 Å². The summed E-state index contributed by atoms with van der Waals surface area (Å²) in [4.78, 5) is 2.67. The summed E-state index contributed by atoms with van der Waals surface area (Å²) in [7, 11) is 0. The third-order valence-corrected chi connectivity index (χ3v) is 4.35. The Morgan fingerprint density at radius 3 is 2.20 bits per heavy atom. The third-order valence-electron chi connectivity index (χ3n) is 4.18. The molecule has 88 valence electrons. The van der Waals surface area contributed by atoms with E-state index in [-0.39, 0.29) is 0 Å². The summed E-state index contributed by atoms with van der Waals surface area (Å²) in [5.74, 6) is 1.78. The maximum Gasteiger partial charge on any atom is 0.0351 e. The van der Waals surface area contributed by atoms with Crippen LogP contribution in [-0.2, 0) is 0 Å². The Bertz CT molecular complexity index is 173. The first-order valence-corrected chi connectivity index (χ1v) is 7.23. The Kier molecular flexibility index (Phi) is 4.77. The van der Waals surface area contributed by atoms with Gasteiger partial charge < -0.3 is 0 Å². The molecule has 0 aromatic heterocycles. The molecule has 0 aromatic carbocycles. The van der Waals surface area contributed by atoms with Crippen LogP contribution in [0.2, 0.25) is 0 Å².